The predicted octanol–water partition coefficient (Wildman–Crippen LogP) is 1.07. The van der Waals surface area contributed by atoms with Gasteiger partial charge in [-0.2, -0.15) is 5.10 Å². The molecule has 19 heavy (non-hydrogen) atoms. The van der Waals surface area contributed by atoms with E-state index in [1.165, 1.54) is 18.3 Å². The first-order valence-electron chi connectivity index (χ1n) is 5.33. The number of hydrogen-bond donors (Lipinski definition) is 2. The summed E-state index contributed by atoms with van der Waals surface area (Å²) < 4.78 is 13.8. The number of rotatable bonds is 4. The van der Waals surface area contributed by atoms with Gasteiger partial charge in [0, 0.05) is 11.9 Å². The van der Waals surface area contributed by atoms with Gasteiger partial charge in [-0.15, -0.1) is 0 Å². The molecule has 2 aromatic heterocycles. The van der Waals surface area contributed by atoms with Gasteiger partial charge in [0.05, 0.1) is 18.9 Å². The minimum absolute atomic E-state index is 0.144. The lowest BCUT2D eigenvalue weighted by molar-refractivity contribution is -0.124. The molecular formula is C11H10ClFN4O2. The van der Waals surface area contributed by atoms with Crippen molar-refractivity contribution in [2.45, 2.75) is 12.6 Å². The van der Waals surface area contributed by atoms with Gasteiger partial charge in [0.15, 0.2) is 11.9 Å². The fourth-order valence-corrected chi connectivity index (χ4v) is 1.58. The molecule has 100 valence electrons. The number of anilines is 1. The molecular weight excluding hydrogens is 275 g/mol. The Morgan fingerprint density at radius 3 is 3.05 bits per heavy atom. The molecule has 0 spiro atoms. The van der Waals surface area contributed by atoms with Crippen LogP contribution < -0.4 is 5.32 Å². The van der Waals surface area contributed by atoms with Crippen molar-refractivity contribution in [1.82, 2.24) is 14.8 Å². The zero-order valence-electron chi connectivity index (χ0n) is 9.62. The maximum Gasteiger partial charge on any atom is 0.255 e. The standard InChI is InChI=1S/C11H10ClFN4O2/c12-10-3-8(1-2-14-10)16-11(19)9(18)6-17-5-7(13)4-15-17/h1-5,9,18H,6H2,(H,14,16,19). The second kappa shape index (κ2) is 5.77. The van der Waals surface area contributed by atoms with E-state index < -0.39 is 17.8 Å². The normalized spacial score (nSPS) is 12.2. The fraction of sp³-hybridized carbons (Fsp3) is 0.182. The molecule has 2 rings (SSSR count). The summed E-state index contributed by atoms with van der Waals surface area (Å²) >= 11 is 5.66. The molecule has 0 saturated heterocycles. The monoisotopic (exact) mass is 284 g/mol. The Kier molecular flexibility index (Phi) is 4.08. The molecule has 0 saturated carbocycles. The third-order valence-electron chi connectivity index (χ3n) is 2.26. The van der Waals surface area contributed by atoms with E-state index in [9.17, 15) is 14.3 Å². The molecule has 0 aromatic carbocycles. The number of aliphatic hydroxyl groups is 1. The number of nitrogens with zero attached hydrogens (tertiary/aromatic N) is 3. The van der Waals surface area contributed by atoms with Gasteiger partial charge in [0.1, 0.15) is 5.15 Å². The summed E-state index contributed by atoms with van der Waals surface area (Å²) in [5, 5.41) is 16.0. The lowest BCUT2D eigenvalue weighted by Crippen LogP contribution is -2.31. The van der Waals surface area contributed by atoms with E-state index in [1.54, 1.807) is 0 Å². The minimum Gasteiger partial charge on any atom is -0.381 e. The van der Waals surface area contributed by atoms with Gasteiger partial charge in [-0.1, -0.05) is 11.6 Å². The number of amides is 1. The lowest BCUT2D eigenvalue weighted by Gasteiger charge is -2.11. The summed E-state index contributed by atoms with van der Waals surface area (Å²) in [5.74, 6) is -1.17. The van der Waals surface area contributed by atoms with E-state index >= 15 is 0 Å². The van der Waals surface area contributed by atoms with Gasteiger partial charge >= 0.3 is 0 Å². The highest BCUT2D eigenvalue weighted by molar-refractivity contribution is 6.29. The van der Waals surface area contributed by atoms with E-state index in [1.807, 2.05) is 0 Å². The Morgan fingerprint density at radius 2 is 2.42 bits per heavy atom. The largest absolute Gasteiger partial charge is 0.381 e. The van der Waals surface area contributed by atoms with E-state index in [-0.39, 0.29) is 11.7 Å². The molecule has 0 aliphatic rings. The molecule has 0 aliphatic heterocycles. The van der Waals surface area contributed by atoms with Crippen molar-refractivity contribution < 1.29 is 14.3 Å². The van der Waals surface area contributed by atoms with E-state index in [0.717, 1.165) is 17.1 Å². The van der Waals surface area contributed by atoms with Crippen molar-refractivity contribution in [2.24, 2.45) is 0 Å². The van der Waals surface area contributed by atoms with Gasteiger partial charge in [0.2, 0.25) is 0 Å². The van der Waals surface area contributed by atoms with Crippen LogP contribution in [0.1, 0.15) is 0 Å². The van der Waals surface area contributed by atoms with E-state index in [2.05, 4.69) is 15.4 Å². The molecule has 2 N–H and O–H groups in total. The maximum absolute atomic E-state index is 12.7. The topological polar surface area (TPSA) is 80.0 Å². The van der Waals surface area contributed by atoms with Crippen LogP contribution in [0.3, 0.4) is 0 Å². The number of nitrogens with one attached hydrogen (secondary N) is 1. The zero-order chi connectivity index (χ0) is 13.8. The highest BCUT2D eigenvalue weighted by atomic mass is 35.5. The molecule has 0 aliphatic carbocycles. The van der Waals surface area contributed by atoms with Crippen molar-refractivity contribution >= 4 is 23.2 Å². The second-order valence-electron chi connectivity index (χ2n) is 3.75. The van der Waals surface area contributed by atoms with Crippen molar-refractivity contribution in [3.63, 3.8) is 0 Å². The first-order valence-corrected chi connectivity index (χ1v) is 5.71. The average molecular weight is 285 g/mol. The van der Waals surface area contributed by atoms with Crippen LogP contribution in [0.5, 0.6) is 0 Å². The second-order valence-corrected chi connectivity index (χ2v) is 4.14. The highest BCUT2D eigenvalue weighted by Crippen LogP contribution is 2.12. The Bertz CT molecular complexity index is 590. The highest BCUT2D eigenvalue weighted by Gasteiger charge is 2.16. The molecule has 1 unspecified atom stereocenters. The van der Waals surface area contributed by atoms with Crippen molar-refractivity contribution in [1.29, 1.82) is 0 Å². The minimum atomic E-state index is -1.36. The average Bonchev–Trinajstić information content (AvgIpc) is 2.74. The quantitative estimate of drug-likeness (QED) is 0.823. The first-order chi connectivity index (χ1) is 9.04. The third-order valence-corrected chi connectivity index (χ3v) is 2.47. The fourth-order valence-electron chi connectivity index (χ4n) is 1.40. The number of aliphatic hydroxyl groups excluding tert-OH is 1. The van der Waals surface area contributed by atoms with Gasteiger partial charge in [0.25, 0.3) is 5.91 Å². The Hall–Kier alpha value is -1.99. The zero-order valence-corrected chi connectivity index (χ0v) is 10.4. The Balaban J connectivity index is 1.96. The number of pyridine rings is 1. The van der Waals surface area contributed by atoms with E-state index in [4.69, 9.17) is 11.6 Å². The Labute approximate surface area is 112 Å². The summed E-state index contributed by atoms with van der Waals surface area (Å²) in [7, 11) is 0. The van der Waals surface area contributed by atoms with Crippen molar-refractivity contribution in [3.8, 4) is 0 Å². The molecule has 2 aromatic rings. The molecule has 0 fully saturated rings. The summed E-state index contributed by atoms with van der Waals surface area (Å²) in [6, 6.07) is 2.98. The summed E-state index contributed by atoms with van der Waals surface area (Å²) in [6.45, 7) is -0.144. The van der Waals surface area contributed by atoms with Gasteiger partial charge in [-0.3, -0.25) is 9.48 Å². The van der Waals surface area contributed by atoms with Crippen LogP contribution in [0.4, 0.5) is 10.1 Å². The summed E-state index contributed by atoms with van der Waals surface area (Å²) in [6.07, 6.45) is 2.14. The van der Waals surface area contributed by atoms with Crippen LogP contribution in [-0.2, 0) is 11.3 Å². The smallest absolute Gasteiger partial charge is 0.255 e. The summed E-state index contributed by atoms with van der Waals surface area (Å²) in [5.41, 5.74) is 0.413. The third kappa shape index (κ3) is 3.73. The van der Waals surface area contributed by atoms with Crippen LogP contribution in [0.2, 0.25) is 5.15 Å². The van der Waals surface area contributed by atoms with E-state index in [0.29, 0.717) is 5.69 Å². The van der Waals surface area contributed by atoms with Crippen molar-refractivity contribution in [2.75, 3.05) is 5.32 Å². The molecule has 0 bridgehead atoms. The van der Waals surface area contributed by atoms with Gasteiger partial charge in [-0.25, -0.2) is 9.37 Å². The number of aromatic nitrogens is 3. The lowest BCUT2D eigenvalue weighted by atomic mass is 10.3. The van der Waals surface area contributed by atoms with Gasteiger partial charge < -0.3 is 10.4 Å². The summed E-state index contributed by atoms with van der Waals surface area (Å²) in [4.78, 5) is 15.4. The SMILES string of the molecule is O=C(Nc1ccnc(Cl)c1)C(O)Cn1cc(F)cn1. The van der Waals surface area contributed by atoms with Crippen LogP contribution >= 0.6 is 11.6 Å². The number of halogens is 2. The van der Waals surface area contributed by atoms with Crippen LogP contribution in [-0.4, -0.2) is 31.9 Å². The van der Waals surface area contributed by atoms with Crippen LogP contribution in [0.15, 0.2) is 30.7 Å². The predicted molar refractivity (Wildman–Crippen MR) is 66.1 cm³/mol. The molecule has 6 nitrogen and oxygen atoms in total. The van der Waals surface area contributed by atoms with Gasteiger partial charge in [-0.05, 0) is 12.1 Å². The maximum atomic E-state index is 12.7. The first kappa shape index (κ1) is 13.4. The van der Waals surface area contributed by atoms with Crippen molar-refractivity contribution in [3.05, 3.63) is 41.7 Å². The number of hydrogen-bond acceptors (Lipinski definition) is 4. The Morgan fingerprint density at radius 1 is 1.63 bits per heavy atom. The molecule has 1 amide bonds. The molecule has 2 heterocycles. The molecule has 8 heteroatoms. The molecule has 1 atom stereocenters. The molecule has 0 radical (unpaired) electrons. The van der Waals surface area contributed by atoms with Crippen LogP contribution in [0.25, 0.3) is 0 Å². The number of carbonyl (C=O) groups excluding carboxylic acids is 1. The number of carbonyl (C=O) groups is 1. The van der Waals surface area contributed by atoms with Crippen LogP contribution in [0, 0.1) is 5.82 Å².